The van der Waals surface area contributed by atoms with Gasteiger partial charge in [0.05, 0.1) is 0 Å². The van der Waals surface area contributed by atoms with E-state index < -0.39 is 0 Å². The highest BCUT2D eigenvalue weighted by atomic mass is 32.2. The molecule has 1 aliphatic rings. The van der Waals surface area contributed by atoms with Gasteiger partial charge in [-0.05, 0) is 25.8 Å². The maximum atomic E-state index is 4.35. The van der Waals surface area contributed by atoms with Gasteiger partial charge in [-0.25, -0.2) is 4.98 Å². The quantitative estimate of drug-likeness (QED) is 0.795. The van der Waals surface area contributed by atoms with Crippen molar-refractivity contribution in [2.45, 2.75) is 56.7 Å². The molecule has 19 heavy (non-hydrogen) atoms. The topological polar surface area (TPSA) is 42.7 Å². The van der Waals surface area contributed by atoms with Crippen molar-refractivity contribution in [1.29, 1.82) is 0 Å². The second-order valence-electron chi connectivity index (χ2n) is 5.39. The molecular weight excluding hydrogens is 256 g/mol. The van der Waals surface area contributed by atoms with Crippen LogP contribution in [0.4, 0.5) is 0 Å². The number of nitrogens with zero attached hydrogens (tertiary/aromatic N) is 3. The Kier molecular flexibility index (Phi) is 6.17. The van der Waals surface area contributed by atoms with E-state index >= 15 is 0 Å². The second-order valence-corrected chi connectivity index (χ2v) is 6.73. The van der Waals surface area contributed by atoms with E-state index in [2.05, 4.69) is 34.1 Å². The molecule has 4 nitrogen and oxygen atoms in total. The molecule has 0 saturated heterocycles. The molecule has 5 heteroatoms. The summed E-state index contributed by atoms with van der Waals surface area (Å²) in [6, 6.07) is 0.522. The van der Waals surface area contributed by atoms with Gasteiger partial charge in [0.1, 0.15) is 12.2 Å². The fourth-order valence-electron chi connectivity index (χ4n) is 2.57. The van der Waals surface area contributed by atoms with Gasteiger partial charge in [-0.15, -0.1) is 0 Å². The lowest BCUT2D eigenvalue weighted by molar-refractivity contribution is 0.525. The van der Waals surface area contributed by atoms with Crippen molar-refractivity contribution in [3.05, 3.63) is 12.2 Å². The summed E-state index contributed by atoms with van der Waals surface area (Å²) in [7, 11) is 1.98. The third kappa shape index (κ3) is 4.80. The molecule has 1 N–H and O–H groups in total. The van der Waals surface area contributed by atoms with Crippen molar-refractivity contribution < 1.29 is 0 Å². The fraction of sp³-hybridized carbons (Fsp3) is 0.857. The molecule has 0 aliphatic heterocycles. The van der Waals surface area contributed by atoms with Crippen molar-refractivity contribution in [1.82, 2.24) is 20.1 Å². The van der Waals surface area contributed by atoms with Gasteiger partial charge in [0.25, 0.3) is 0 Å². The first-order valence-electron chi connectivity index (χ1n) is 7.47. The highest BCUT2D eigenvalue weighted by Crippen LogP contribution is 2.29. The van der Waals surface area contributed by atoms with Crippen LogP contribution in [0.25, 0.3) is 0 Å². The van der Waals surface area contributed by atoms with Crippen molar-refractivity contribution in [2.24, 2.45) is 7.05 Å². The summed E-state index contributed by atoms with van der Waals surface area (Å²) in [6.07, 6.45) is 9.49. The van der Waals surface area contributed by atoms with Crippen molar-refractivity contribution in [2.75, 3.05) is 12.3 Å². The highest BCUT2D eigenvalue weighted by molar-refractivity contribution is 7.99. The fourth-order valence-corrected chi connectivity index (χ4v) is 3.98. The van der Waals surface area contributed by atoms with E-state index in [1.807, 2.05) is 11.7 Å². The van der Waals surface area contributed by atoms with Crippen LogP contribution in [0.3, 0.4) is 0 Å². The molecule has 0 amide bonds. The van der Waals surface area contributed by atoms with Crippen molar-refractivity contribution in [3.63, 3.8) is 0 Å². The van der Waals surface area contributed by atoms with E-state index in [1.54, 1.807) is 6.33 Å². The molecular formula is C14H26N4S. The first kappa shape index (κ1) is 14.9. The van der Waals surface area contributed by atoms with Crippen molar-refractivity contribution >= 4 is 11.8 Å². The van der Waals surface area contributed by atoms with Gasteiger partial charge in [0, 0.05) is 30.5 Å². The minimum absolute atomic E-state index is 0.522. The molecule has 0 aromatic carbocycles. The Morgan fingerprint density at radius 2 is 2.26 bits per heavy atom. The van der Waals surface area contributed by atoms with Gasteiger partial charge in [0.15, 0.2) is 0 Å². The first-order chi connectivity index (χ1) is 9.29. The van der Waals surface area contributed by atoms with Crippen LogP contribution < -0.4 is 5.32 Å². The predicted octanol–water partition coefficient (Wildman–Crippen LogP) is 2.40. The van der Waals surface area contributed by atoms with E-state index in [9.17, 15) is 0 Å². The molecule has 0 bridgehead atoms. The average molecular weight is 282 g/mol. The van der Waals surface area contributed by atoms with E-state index in [4.69, 9.17) is 0 Å². The molecule has 1 aromatic rings. The van der Waals surface area contributed by atoms with Gasteiger partial charge in [0.2, 0.25) is 0 Å². The average Bonchev–Trinajstić information content (AvgIpc) is 3.05. The van der Waals surface area contributed by atoms with Crippen LogP contribution >= 0.6 is 11.8 Å². The molecule has 1 heterocycles. The van der Waals surface area contributed by atoms with Crippen LogP contribution in [0, 0.1) is 0 Å². The lowest BCUT2D eigenvalue weighted by Gasteiger charge is -2.19. The normalized spacial score (nSPS) is 18.0. The number of thioether (sulfide) groups is 1. The summed E-state index contributed by atoms with van der Waals surface area (Å²) in [5.41, 5.74) is 0. The summed E-state index contributed by atoms with van der Waals surface area (Å²) in [5, 5.41) is 8.71. The van der Waals surface area contributed by atoms with E-state index in [0.29, 0.717) is 6.04 Å². The number of hydrogen-bond acceptors (Lipinski definition) is 4. The van der Waals surface area contributed by atoms with E-state index in [0.717, 1.165) is 24.0 Å². The second kappa shape index (κ2) is 7.90. The number of aromatic nitrogens is 3. The molecule has 1 unspecified atom stereocenters. The lowest BCUT2D eigenvalue weighted by Crippen LogP contribution is -2.35. The first-order valence-corrected chi connectivity index (χ1v) is 8.52. The maximum Gasteiger partial charge on any atom is 0.138 e. The highest BCUT2D eigenvalue weighted by Gasteiger charge is 2.18. The summed E-state index contributed by atoms with van der Waals surface area (Å²) < 4.78 is 1.89. The third-order valence-corrected chi connectivity index (χ3v) is 5.29. The number of nitrogens with one attached hydrogen (secondary N) is 1. The van der Waals surface area contributed by atoms with Crippen LogP contribution in [0.1, 0.15) is 44.9 Å². The number of aryl methyl sites for hydroxylation is 1. The Hall–Kier alpha value is -0.550. The van der Waals surface area contributed by atoms with Crippen LogP contribution in [0.2, 0.25) is 0 Å². The lowest BCUT2D eigenvalue weighted by atomic mass is 10.2. The van der Waals surface area contributed by atoms with Crippen LogP contribution in [-0.2, 0) is 13.5 Å². The van der Waals surface area contributed by atoms with E-state index in [1.165, 1.54) is 37.9 Å². The van der Waals surface area contributed by atoms with Gasteiger partial charge >= 0.3 is 0 Å². The van der Waals surface area contributed by atoms with Crippen molar-refractivity contribution in [3.8, 4) is 0 Å². The molecule has 1 aliphatic carbocycles. The summed E-state index contributed by atoms with van der Waals surface area (Å²) in [4.78, 5) is 4.35. The third-order valence-electron chi connectivity index (χ3n) is 3.75. The summed E-state index contributed by atoms with van der Waals surface area (Å²) in [6.45, 7) is 3.31. The number of rotatable bonds is 8. The Morgan fingerprint density at radius 1 is 1.47 bits per heavy atom. The largest absolute Gasteiger partial charge is 0.313 e. The van der Waals surface area contributed by atoms with E-state index in [-0.39, 0.29) is 0 Å². The molecule has 1 atom stereocenters. The van der Waals surface area contributed by atoms with Gasteiger partial charge in [-0.3, -0.25) is 4.68 Å². The zero-order valence-electron chi connectivity index (χ0n) is 12.1. The smallest absolute Gasteiger partial charge is 0.138 e. The maximum absolute atomic E-state index is 4.35. The molecule has 1 fully saturated rings. The number of hydrogen-bond donors (Lipinski definition) is 1. The Bertz CT molecular complexity index is 360. The molecule has 1 saturated carbocycles. The zero-order chi connectivity index (χ0) is 13.5. The minimum Gasteiger partial charge on any atom is -0.313 e. The van der Waals surface area contributed by atoms with Crippen LogP contribution in [0.5, 0.6) is 0 Å². The predicted molar refractivity (Wildman–Crippen MR) is 81.5 cm³/mol. The van der Waals surface area contributed by atoms with Gasteiger partial charge in [-0.1, -0.05) is 19.8 Å². The van der Waals surface area contributed by atoms with Crippen LogP contribution in [0.15, 0.2) is 6.33 Å². The van der Waals surface area contributed by atoms with Crippen LogP contribution in [-0.4, -0.2) is 38.4 Å². The Balaban J connectivity index is 1.82. The molecule has 2 rings (SSSR count). The minimum atomic E-state index is 0.522. The van der Waals surface area contributed by atoms with Gasteiger partial charge < -0.3 is 5.32 Å². The SMILES string of the molecule is CCCNC(CSC1CCCC1)Cc1ncnn1C. The summed E-state index contributed by atoms with van der Waals surface area (Å²) >= 11 is 2.15. The summed E-state index contributed by atoms with van der Waals surface area (Å²) in [5.74, 6) is 2.28. The van der Waals surface area contributed by atoms with Gasteiger partial charge in [-0.2, -0.15) is 16.9 Å². The molecule has 0 radical (unpaired) electrons. The Morgan fingerprint density at radius 3 is 2.89 bits per heavy atom. The molecule has 108 valence electrons. The molecule has 1 aromatic heterocycles. The zero-order valence-corrected chi connectivity index (χ0v) is 13.0. The Labute approximate surface area is 120 Å². The molecule has 0 spiro atoms. The monoisotopic (exact) mass is 282 g/mol. The standard InChI is InChI=1S/C14H26N4S/c1-3-8-15-12(9-14-16-11-17-18(14)2)10-19-13-6-4-5-7-13/h11-13,15H,3-10H2,1-2H3.